The van der Waals surface area contributed by atoms with E-state index in [2.05, 4.69) is 10.4 Å². The molecule has 1 aromatic carbocycles. The van der Waals surface area contributed by atoms with Crippen molar-refractivity contribution in [1.29, 1.82) is 0 Å². The number of rotatable bonds is 2. The number of aromatic nitrogens is 2. The van der Waals surface area contributed by atoms with Crippen molar-refractivity contribution in [3.63, 3.8) is 0 Å². The quantitative estimate of drug-likeness (QED) is 0.915. The molecule has 8 heteroatoms. The van der Waals surface area contributed by atoms with E-state index in [0.29, 0.717) is 5.02 Å². The van der Waals surface area contributed by atoms with Gasteiger partial charge in [0.2, 0.25) is 5.91 Å². The SMILES string of the molecule is O=C1CC(C(F)(F)F)c2cnn(Cc3ccc(Cl)cc3)c2N1. The lowest BCUT2D eigenvalue weighted by atomic mass is 9.94. The van der Waals surface area contributed by atoms with Gasteiger partial charge in [0, 0.05) is 17.0 Å². The van der Waals surface area contributed by atoms with Gasteiger partial charge in [0.1, 0.15) is 5.82 Å². The molecule has 0 spiro atoms. The van der Waals surface area contributed by atoms with Crippen molar-refractivity contribution in [3.05, 3.63) is 46.6 Å². The smallest absolute Gasteiger partial charge is 0.311 e. The van der Waals surface area contributed by atoms with Gasteiger partial charge in [-0.05, 0) is 17.7 Å². The molecule has 1 aromatic heterocycles. The number of hydrogen-bond donors (Lipinski definition) is 1. The summed E-state index contributed by atoms with van der Waals surface area (Å²) in [6, 6.07) is 6.87. The summed E-state index contributed by atoms with van der Waals surface area (Å²) in [7, 11) is 0. The third-order valence-electron chi connectivity index (χ3n) is 3.53. The van der Waals surface area contributed by atoms with Crippen LogP contribution in [-0.2, 0) is 11.3 Å². The van der Waals surface area contributed by atoms with Crippen LogP contribution in [0.1, 0.15) is 23.5 Å². The molecule has 116 valence electrons. The Bertz CT molecular complexity index is 709. The first-order valence-corrected chi connectivity index (χ1v) is 6.89. The fraction of sp³-hybridized carbons (Fsp3) is 0.286. The second-order valence-corrected chi connectivity index (χ2v) is 5.52. The lowest BCUT2D eigenvalue weighted by Gasteiger charge is -2.25. The monoisotopic (exact) mass is 329 g/mol. The number of anilines is 1. The molecule has 1 atom stereocenters. The first-order chi connectivity index (χ1) is 10.3. The number of nitrogens with one attached hydrogen (secondary N) is 1. The Labute approximate surface area is 128 Å². The maximum Gasteiger partial charge on any atom is 0.396 e. The first kappa shape index (κ1) is 14.9. The maximum absolute atomic E-state index is 13.0. The number of fused-ring (bicyclic) bond motifs is 1. The summed E-state index contributed by atoms with van der Waals surface area (Å²) in [4.78, 5) is 11.6. The van der Waals surface area contributed by atoms with Crippen LogP contribution in [0.4, 0.5) is 19.0 Å². The third-order valence-corrected chi connectivity index (χ3v) is 3.78. The molecule has 1 N–H and O–H groups in total. The van der Waals surface area contributed by atoms with Gasteiger partial charge in [-0.15, -0.1) is 0 Å². The molecule has 0 radical (unpaired) electrons. The minimum absolute atomic E-state index is 0.000985. The van der Waals surface area contributed by atoms with Gasteiger partial charge in [-0.2, -0.15) is 18.3 Å². The summed E-state index contributed by atoms with van der Waals surface area (Å²) in [6.07, 6.45) is -3.91. The molecule has 2 heterocycles. The molecule has 0 bridgehead atoms. The van der Waals surface area contributed by atoms with Crippen LogP contribution >= 0.6 is 11.6 Å². The highest BCUT2D eigenvalue weighted by atomic mass is 35.5. The van der Waals surface area contributed by atoms with Crippen molar-refractivity contribution < 1.29 is 18.0 Å². The Kier molecular flexibility index (Phi) is 3.60. The topological polar surface area (TPSA) is 46.9 Å². The maximum atomic E-state index is 13.0. The lowest BCUT2D eigenvalue weighted by Crippen LogP contribution is -2.32. The minimum Gasteiger partial charge on any atom is -0.311 e. The van der Waals surface area contributed by atoms with E-state index in [1.165, 1.54) is 10.9 Å². The van der Waals surface area contributed by atoms with E-state index in [4.69, 9.17) is 11.6 Å². The van der Waals surface area contributed by atoms with E-state index < -0.39 is 24.4 Å². The normalized spacial score (nSPS) is 18.0. The fourth-order valence-corrected chi connectivity index (χ4v) is 2.57. The van der Waals surface area contributed by atoms with E-state index >= 15 is 0 Å². The predicted octanol–water partition coefficient (Wildman–Crippen LogP) is 3.57. The molecule has 1 unspecified atom stereocenters. The average Bonchev–Trinajstić information content (AvgIpc) is 2.82. The highest BCUT2D eigenvalue weighted by Crippen LogP contribution is 2.43. The van der Waals surface area contributed by atoms with E-state index in [-0.39, 0.29) is 17.9 Å². The van der Waals surface area contributed by atoms with Crippen molar-refractivity contribution in [2.24, 2.45) is 0 Å². The van der Waals surface area contributed by atoms with Crippen molar-refractivity contribution in [1.82, 2.24) is 9.78 Å². The Morgan fingerprint density at radius 2 is 2.00 bits per heavy atom. The van der Waals surface area contributed by atoms with E-state index in [1.807, 2.05) is 0 Å². The van der Waals surface area contributed by atoms with Crippen LogP contribution in [0.2, 0.25) is 5.02 Å². The van der Waals surface area contributed by atoms with Crippen molar-refractivity contribution in [2.75, 3.05) is 5.32 Å². The van der Waals surface area contributed by atoms with E-state index in [9.17, 15) is 18.0 Å². The van der Waals surface area contributed by atoms with Crippen LogP contribution in [0, 0.1) is 0 Å². The molecule has 2 aromatic rings. The Morgan fingerprint density at radius 1 is 1.32 bits per heavy atom. The number of carbonyl (C=O) groups excluding carboxylic acids is 1. The number of halogens is 4. The summed E-state index contributed by atoms with van der Waals surface area (Å²) >= 11 is 5.79. The van der Waals surface area contributed by atoms with Crippen LogP contribution in [0.3, 0.4) is 0 Å². The van der Waals surface area contributed by atoms with Gasteiger partial charge in [-0.25, -0.2) is 4.68 Å². The van der Waals surface area contributed by atoms with Crippen LogP contribution in [-0.4, -0.2) is 21.9 Å². The molecule has 0 saturated carbocycles. The molecule has 4 nitrogen and oxygen atoms in total. The molecule has 1 amide bonds. The fourth-order valence-electron chi connectivity index (χ4n) is 2.44. The molecule has 0 aliphatic carbocycles. The Morgan fingerprint density at radius 3 is 2.64 bits per heavy atom. The molecule has 1 aliphatic rings. The summed E-state index contributed by atoms with van der Waals surface area (Å²) in [5.41, 5.74) is 0.819. The number of nitrogens with zero attached hydrogens (tertiary/aromatic N) is 2. The molecular weight excluding hydrogens is 319 g/mol. The number of hydrogen-bond acceptors (Lipinski definition) is 2. The number of alkyl halides is 3. The second-order valence-electron chi connectivity index (χ2n) is 5.08. The number of amides is 1. The van der Waals surface area contributed by atoms with Crippen LogP contribution in [0.5, 0.6) is 0 Å². The lowest BCUT2D eigenvalue weighted by molar-refractivity contribution is -0.156. The van der Waals surface area contributed by atoms with Crippen LogP contribution in [0.15, 0.2) is 30.5 Å². The standard InChI is InChI=1S/C14H11ClF3N3O/c15-9-3-1-8(2-4-9)7-21-13-10(6-19-21)11(14(16,17)18)5-12(22)20-13/h1-4,6,11H,5,7H2,(H,20,22). The van der Waals surface area contributed by atoms with Crippen LogP contribution in [0.25, 0.3) is 0 Å². The Hall–Kier alpha value is -2.02. The van der Waals surface area contributed by atoms with Crippen molar-refractivity contribution in [2.45, 2.75) is 25.1 Å². The number of benzene rings is 1. The Balaban J connectivity index is 1.94. The van der Waals surface area contributed by atoms with Gasteiger partial charge in [-0.1, -0.05) is 23.7 Å². The third kappa shape index (κ3) is 2.81. The summed E-state index contributed by atoms with van der Waals surface area (Å²) in [5, 5.41) is 7.03. The zero-order chi connectivity index (χ0) is 15.9. The summed E-state index contributed by atoms with van der Waals surface area (Å²) in [6.45, 7) is 0.247. The molecular formula is C14H11ClF3N3O. The van der Waals surface area contributed by atoms with Gasteiger partial charge in [0.15, 0.2) is 0 Å². The molecule has 1 aliphatic heterocycles. The van der Waals surface area contributed by atoms with E-state index in [0.717, 1.165) is 5.56 Å². The second kappa shape index (κ2) is 5.31. The zero-order valence-electron chi connectivity index (χ0n) is 11.2. The molecule has 22 heavy (non-hydrogen) atoms. The summed E-state index contributed by atoms with van der Waals surface area (Å²) in [5.74, 6) is -2.36. The number of carbonyl (C=O) groups is 1. The molecule has 3 rings (SSSR count). The first-order valence-electron chi connectivity index (χ1n) is 6.51. The van der Waals surface area contributed by atoms with Gasteiger partial charge in [-0.3, -0.25) is 4.79 Å². The van der Waals surface area contributed by atoms with Gasteiger partial charge >= 0.3 is 6.18 Å². The minimum atomic E-state index is -4.47. The van der Waals surface area contributed by atoms with Crippen molar-refractivity contribution >= 4 is 23.3 Å². The average molecular weight is 330 g/mol. The molecule has 0 fully saturated rings. The highest BCUT2D eigenvalue weighted by molar-refractivity contribution is 6.30. The largest absolute Gasteiger partial charge is 0.396 e. The highest BCUT2D eigenvalue weighted by Gasteiger charge is 2.46. The molecule has 0 saturated heterocycles. The van der Waals surface area contributed by atoms with E-state index in [1.54, 1.807) is 24.3 Å². The van der Waals surface area contributed by atoms with Crippen molar-refractivity contribution in [3.8, 4) is 0 Å². The van der Waals surface area contributed by atoms with Crippen LogP contribution < -0.4 is 5.32 Å². The summed E-state index contributed by atoms with van der Waals surface area (Å²) < 4.78 is 40.5. The van der Waals surface area contributed by atoms with Gasteiger partial charge in [0.05, 0.1) is 18.7 Å². The van der Waals surface area contributed by atoms with Gasteiger partial charge < -0.3 is 5.32 Å². The zero-order valence-corrected chi connectivity index (χ0v) is 11.9. The predicted molar refractivity (Wildman–Crippen MR) is 74.8 cm³/mol. The van der Waals surface area contributed by atoms with Gasteiger partial charge in [0.25, 0.3) is 0 Å².